The van der Waals surface area contributed by atoms with Gasteiger partial charge in [-0.2, -0.15) is 0 Å². The van der Waals surface area contributed by atoms with Gasteiger partial charge in [-0.1, -0.05) is 0 Å². The summed E-state index contributed by atoms with van der Waals surface area (Å²) in [5.41, 5.74) is 0.190. The van der Waals surface area contributed by atoms with Crippen molar-refractivity contribution >= 4 is 11.6 Å². The Morgan fingerprint density at radius 2 is 2.31 bits per heavy atom. The highest BCUT2D eigenvalue weighted by Crippen LogP contribution is 2.05. The second kappa shape index (κ2) is 2.51. The number of hydrogen-bond acceptors (Lipinski definition) is 4. The maximum absolute atomic E-state index is 10.7. The molecule has 0 bridgehead atoms. The van der Waals surface area contributed by atoms with Crippen molar-refractivity contribution in [3.05, 3.63) is 23.9 Å². The number of aromatic carboxylic acids is 1. The summed E-state index contributed by atoms with van der Waals surface area (Å²) in [7, 11) is 0. The number of aryl methyl sites for hydroxylation is 1. The van der Waals surface area contributed by atoms with Crippen LogP contribution in [0.5, 0.6) is 0 Å². The van der Waals surface area contributed by atoms with Gasteiger partial charge < -0.3 is 5.11 Å². The van der Waals surface area contributed by atoms with E-state index in [1.54, 1.807) is 17.5 Å². The average molecular weight is 178 g/mol. The van der Waals surface area contributed by atoms with Gasteiger partial charge >= 0.3 is 5.97 Å². The molecule has 2 aromatic rings. The summed E-state index contributed by atoms with van der Waals surface area (Å²) < 4.78 is 1.58. The van der Waals surface area contributed by atoms with Crippen LogP contribution in [0.25, 0.3) is 5.65 Å². The first kappa shape index (κ1) is 7.66. The highest BCUT2D eigenvalue weighted by atomic mass is 16.4. The summed E-state index contributed by atoms with van der Waals surface area (Å²) in [6.45, 7) is 1.74. The van der Waals surface area contributed by atoms with Gasteiger partial charge in [0.15, 0.2) is 11.3 Å². The zero-order chi connectivity index (χ0) is 9.42. The number of carbonyl (C=O) groups is 1. The van der Waals surface area contributed by atoms with Crippen molar-refractivity contribution in [1.29, 1.82) is 0 Å². The summed E-state index contributed by atoms with van der Waals surface area (Å²) >= 11 is 0. The standard InChI is InChI=1S/C7H6N4O2/c1-4-9-10-6-5(7(12)13)8-2-3-11(4)6/h2-3H,1H3,(H,12,13). The fourth-order valence-electron chi connectivity index (χ4n) is 1.09. The number of nitrogens with zero attached hydrogens (tertiary/aromatic N) is 4. The number of hydrogen-bond donors (Lipinski definition) is 1. The minimum atomic E-state index is -1.10. The van der Waals surface area contributed by atoms with Crippen LogP contribution in [0.3, 0.4) is 0 Å². The third-order valence-corrected chi connectivity index (χ3v) is 1.70. The molecule has 13 heavy (non-hydrogen) atoms. The van der Waals surface area contributed by atoms with Crippen LogP contribution >= 0.6 is 0 Å². The van der Waals surface area contributed by atoms with E-state index in [9.17, 15) is 4.79 Å². The molecule has 6 nitrogen and oxygen atoms in total. The smallest absolute Gasteiger partial charge is 0.358 e. The highest BCUT2D eigenvalue weighted by Gasteiger charge is 2.13. The van der Waals surface area contributed by atoms with Crippen LogP contribution in [0.1, 0.15) is 16.3 Å². The summed E-state index contributed by atoms with van der Waals surface area (Å²) in [6, 6.07) is 0. The third-order valence-electron chi connectivity index (χ3n) is 1.70. The van der Waals surface area contributed by atoms with Gasteiger partial charge in [-0.15, -0.1) is 10.2 Å². The van der Waals surface area contributed by atoms with Crippen LogP contribution < -0.4 is 0 Å². The van der Waals surface area contributed by atoms with Crippen LogP contribution in [-0.2, 0) is 0 Å². The predicted octanol–water partition coefficient (Wildman–Crippen LogP) is 0.131. The molecule has 0 aliphatic rings. The summed E-state index contributed by atoms with van der Waals surface area (Å²) in [6.07, 6.45) is 3.03. The first-order valence-electron chi connectivity index (χ1n) is 3.60. The van der Waals surface area contributed by atoms with Crippen molar-refractivity contribution in [2.24, 2.45) is 0 Å². The van der Waals surface area contributed by atoms with Gasteiger partial charge in [0.2, 0.25) is 0 Å². The topological polar surface area (TPSA) is 80.4 Å². The molecular weight excluding hydrogens is 172 g/mol. The van der Waals surface area contributed by atoms with Crippen LogP contribution in [0.15, 0.2) is 12.4 Å². The molecule has 0 saturated heterocycles. The van der Waals surface area contributed by atoms with Gasteiger partial charge in [0, 0.05) is 12.4 Å². The maximum atomic E-state index is 10.7. The van der Waals surface area contributed by atoms with Crippen LogP contribution in [0, 0.1) is 6.92 Å². The highest BCUT2D eigenvalue weighted by molar-refractivity contribution is 5.91. The van der Waals surface area contributed by atoms with E-state index in [4.69, 9.17) is 5.11 Å². The molecule has 0 unspecified atom stereocenters. The molecule has 0 saturated carbocycles. The lowest BCUT2D eigenvalue weighted by Crippen LogP contribution is -2.04. The number of aromatic nitrogens is 4. The second-order valence-electron chi connectivity index (χ2n) is 2.52. The molecule has 2 rings (SSSR count). The van der Waals surface area contributed by atoms with Crippen LogP contribution in [-0.4, -0.2) is 30.7 Å². The Balaban J connectivity index is 2.84. The van der Waals surface area contributed by atoms with E-state index in [-0.39, 0.29) is 11.3 Å². The molecule has 0 aliphatic heterocycles. The molecule has 0 spiro atoms. The monoisotopic (exact) mass is 178 g/mol. The molecule has 2 aromatic heterocycles. The minimum absolute atomic E-state index is 0.0805. The zero-order valence-corrected chi connectivity index (χ0v) is 6.80. The quantitative estimate of drug-likeness (QED) is 0.671. The molecule has 1 N–H and O–H groups in total. The summed E-state index contributed by atoms with van der Waals surface area (Å²) in [5.74, 6) is -0.460. The molecule has 6 heteroatoms. The summed E-state index contributed by atoms with van der Waals surface area (Å²) in [4.78, 5) is 14.4. The lowest BCUT2D eigenvalue weighted by molar-refractivity contribution is 0.0692. The Labute approximate surface area is 72.9 Å². The van der Waals surface area contributed by atoms with E-state index in [1.165, 1.54) is 6.20 Å². The van der Waals surface area contributed by atoms with E-state index in [1.807, 2.05) is 0 Å². The van der Waals surface area contributed by atoms with E-state index < -0.39 is 5.97 Å². The van der Waals surface area contributed by atoms with Crippen molar-refractivity contribution in [2.45, 2.75) is 6.92 Å². The van der Waals surface area contributed by atoms with E-state index in [0.717, 1.165) is 0 Å². The lowest BCUT2D eigenvalue weighted by atomic mass is 10.4. The molecule has 2 heterocycles. The minimum Gasteiger partial charge on any atom is -0.476 e. The molecule has 0 atom stereocenters. The molecule has 0 fully saturated rings. The first-order chi connectivity index (χ1) is 6.20. The van der Waals surface area contributed by atoms with E-state index in [0.29, 0.717) is 5.82 Å². The van der Waals surface area contributed by atoms with Crippen molar-refractivity contribution in [3.63, 3.8) is 0 Å². The number of rotatable bonds is 1. The van der Waals surface area contributed by atoms with Crippen LogP contribution in [0.4, 0.5) is 0 Å². The molecule has 66 valence electrons. The van der Waals surface area contributed by atoms with Gasteiger partial charge in [0.1, 0.15) is 5.82 Å². The normalized spacial score (nSPS) is 10.5. The second-order valence-corrected chi connectivity index (χ2v) is 2.52. The van der Waals surface area contributed by atoms with Gasteiger partial charge in [-0.05, 0) is 6.92 Å². The first-order valence-corrected chi connectivity index (χ1v) is 3.60. The Morgan fingerprint density at radius 1 is 1.54 bits per heavy atom. The molecule has 0 aliphatic carbocycles. The fourth-order valence-corrected chi connectivity index (χ4v) is 1.09. The third kappa shape index (κ3) is 1.03. The molecular formula is C7H6N4O2. The zero-order valence-electron chi connectivity index (χ0n) is 6.80. The van der Waals surface area contributed by atoms with E-state index >= 15 is 0 Å². The molecule has 0 radical (unpaired) electrons. The largest absolute Gasteiger partial charge is 0.476 e. The van der Waals surface area contributed by atoms with Gasteiger partial charge in [0.25, 0.3) is 0 Å². The summed E-state index contributed by atoms with van der Waals surface area (Å²) in [5, 5.41) is 16.2. The maximum Gasteiger partial charge on any atom is 0.358 e. The Morgan fingerprint density at radius 3 is 3.00 bits per heavy atom. The fraction of sp³-hybridized carbons (Fsp3) is 0.143. The lowest BCUT2D eigenvalue weighted by Gasteiger charge is -1.95. The Hall–Kier alpha value is -1.98. The number of carboxylic acids is 1. The average Bonchev–Trinajstić information content (AvgIpc) is 2.48. The van der Waals surface area contributed by atoms with Crippen molar-refractivity contribution in [3.8, 4) is 0 Å². The van der Waals surface area contributed by atoms with Gasteiger partial charge in [-0.3, -0.25) is 4.40 Å². The molecule has 0 aromatic carbocycles. The van der Waals surface area contributed by atoms with E-state index in [2.05, 4.69) is 15.2 Å². The van der Waals surface area contributed by atoms with Crippen molar-refractivity contribution < 1.29 is 9.90 Å². The van der Waals surface area contributed by atoms with Crippen molar-refractivity contribution in [1.82, 2.24) is 19.6 Å². The number of fused-ring (bicyclic) bond motifs is 1. The SMILES string of the molecule is Cc1nnc2c(C(=O)O)nccn12. The Bertz CT molecular complexity index is 476. The Kier molecular flexibility index (Phi) is 1.48. The van der Waals surface area contributed by atoms with Gasteiger partial charge in [-0.25, -0.2) is 9.78 Å². The predicted molar refractivity (Wildman–Crippen MR) is 42.5 cm³/mol. The number of carboxylic acid groups (broad SMARTS) is 1. The van der Waals surface area contributed by atoms with Crippen LogP contribution in [0.2, 0.25) is 0 Å². The van der Waals surface area contributed by atoms with Gasteiger partial charge in [0.05, 0.1) is 0 Å². The van der Waals surface area contributed by atoms with Crippen molar-refractivity contribution in [2.75, 3.05) is 0 Å². The molecule has 0 amide bonds.